The maximum atomic E-state index is 14.8. The largest absolute Gasteiger partial charge is 0.388 e. The number of hydrogen-bond donors (Lipinski definition) is 1. The SMILES string of the molecule is CCC(O)c1ccn2c(-c3cc(F)cc(-c4ccc(F)cc4C#N)c3)cnc2c1F. The summed E-state index contributed by atoms with van der Waals surface area (Å²) in [5.74, 6) is -1.77. The van der Waals surface area contributed by atoms with Crippen molar-refractivity contribution < 1.29 is 18.3 Å². The molecule has 1 N–H and O–H groups in total. The topological polar surface area (TPSA) is 61.3 Å². The molecule has 4 aromatic rings. The van der Waals surface area contributed by atoms with Gasteiger partial charge in [0.2, 0.25) is 0 Å². The number of nitriles is 1. The Morgan fingerprint density at radius 2 is 1.83 bits per heavy atom. The number of imidazole rings is 1. The van der Waals surface area contributed by atoms with Gasteiger partial charge in [-0.15, -0.1) is 0 Å². The van der Waals surface area contributed by atoms with Crippen LogP contribution in [-0.4, -0.2) is 14.5 Å². The Bertz CT molecular complexity index is 1310. The summed E-state index contributed by atoms with van der Waals surface area (Å²) in [7, 11) is 0. The number of pyridine rings is 1. The molecule has 0 amide bonds. The number of nitrogens with zero attached hydrogens (tertiary/aromatic N) is 3. The second-order valence-electron chi connectivity index (χ2n) is 6.88. The first-order chi connectivity index (χ1) is 14.4. The third-order valence-corrected chi connectivity index (χ3v) is 5.00. The summed E-state index contributed by atoms with van der Waals surface area (Å²) in [6.45, 7) is 1.74. The Labute approximate surface area is 170 Å². The number of rotatable bonds is 4. The van der Waals surface area contributed by atoms with E-state index in [2.05, 4.69) is 4.98 Å². The van der Waals surface area contributed by atoms with E-state index < -0.39 is 23.6 Å². The van der Waals surface area contributed by atoms with Crippen LogP contribution in [0.15, 0.2) is 54.9 Å². The van der Waals surface area contributed by atoms with Crippen LogP contribution in [0.25, 0.3) is 28.0 Å². The van der Waals surface area contributed by atoms with Gasteiger partial charge in [0, 0.05) is 17.3 Å². The maximum Gasteiger partial charge on any atom is 0.174 e. The van der Waals surface area contributed by atoms with Crippen LogP contribution in [0, 0.1) is 28.8 Å². The van der Waals surface area contributed by atoms with Crippen molar-refractivity contribution in [2.75, 3.05) is 0 Å². The van der Waals surface area contributed by atoms with Crippen LogP contribution in [0.1, 0.15) is 30.6 Å². The Morgan fingerprint density at radius 1 is 1.07 bits per heavy atom. The van der Waals surface area contributed by atoms with Crippen LogP contribution in [-0.2, 0) is 0 Å². The summed E-state index contributed by atoms with van der Waals surface area (Å²) in [4.78, 5) is 4.10. The number of aliphatic hydroxyl groups is 1. The molecule has 7 heteroatoms. The van der Waals surface area contributed by atoms with Gasteiger partial charge in [-0.25, -0.2) is 18.2 Å². The molecule has 0 spiro atoms. The molecule has 1 atom stereocenters. The Balaban J connectivity index is 1.88. The van der Waals surface area contributed by atoms with Gasteiger partial charge in [0.15, 0.2) is 11.5 Å². The Morgan fingerprint density at radius 3 is 2.57 bits per heavy atom. The van der Waals surface area contributed by atoms with E-state index in [0.29, 0.717) is 28.8 Å². The van der Waals surface area contributed by atoms with E-state index in [-0.39, 0.29) is 16.8 Å². The summed E-state index contributed by atoms with van der Waals surface area (Å²) < 4.78 is 44.2. The molecule has 150 valence electrons. The second-order valence-corrected chi connectivity index (χ2v) is 6.88. The van der Waals surface area contributed by atoms with Gasteiger partial charge in [-0.3, -0.25) is 4.40 Å². The number of halogens is 3. The normalized spacial score (nSPS) is 12.1. The van der Waals surface area contributed by atoms with Crippen LogP contribution >= 0.6 is 0 Å². The highest BCUT2D eigenvalue weighted by molar-refractivity contribution is 5.76. The number of aromatic nitrogens is 2. The lowest BCUT2D eigenvalue weighted by molar-refractivity contribution is 0.169. The minimum atomic E-state index is -0.946. The summed E-state index contributed by atoms with van der Waals surface area (Å²) in [5.41, 5.74) is 1.85. The number of hydrogen-bond acceptors (Lipinski definition) is 3. The molecule has 1 unspecified atom stereocenters. The Hall–Kier alpha value is -3.63. The van der Waals surface area contributed by atoms with E-state index in [1.165, 1.54) is 40.9 Å². The molecule has 30 heavy (non-hydrogen) atoms. The highest BCUT2D eigenvalue weighted by Gasteiger charge is 2.18. The van der Waals surface area contributed by atoms with Crippen LogP contribution in [0.4, 0.5) is 13.2 Å². The molecule has 2 aromatic heterocycles. The van der Waals surface area contributed by atoms with Crippen molar-refractivity contribution in [1.82, 2.24) is 9.38 Å². The molecule has 0 saturated heterocycles. The van der Waals surface area contributed by atoms with Crippen LogP contribution in [0.2, 0.25) is 0 Å². The van der Waals surface area contributed by atoms with Crippen LogP contribution in [0.5, 0.6) is 0 Å². The number of fused-ring (bicyclic) bond motifs is 1. The van der Waals surface area contributed by atoms with Gasteiger partial charge >= 0.3 is 0 Å². The van der Waals surface area contributed by atoms with Crippen molar-refractivity contribution in [3.8, 4) is 28.5 Å². The lowest BCUT2D eigenvalue weighted by Gasteiger charge is -2.11. The smallest absolute Gasteiger partial charge is 0.174 e. The highest BCUT2D eigenvalue weighted by atomic mass is 19.1. The standard InChI is InChI=1S/C23H16F3N3O/c1-2-21(30)19-5-6-29-20(12-28-23(29)22(19)26)14-7-13(8-17(25)9-14)18-4-3-16(24)10-15(18)11-27/h3-10,12,21,30H,2H2,1H3. The minimum Gasteiger partial charge on any atom is -0.388 e. The van der Waals surface area contributed by atoms with Crippen molar-refractivity contribution in [2.24, 2.45) is 0 Å². The zero-order valence-electron chi connectivity index (χ0n) is 15.9. The quantitative estimate of drug-likeness (QED) is 0.493. The lowest BCUT2D eigenvalue weighted by atomic mass is 9.97. The highest BCUT2D eigenvalue weighted by Crippen LogP contribution is 2.32. The summed E-state index contributed by atoms with van der Waals surface area (Å²) in [6.07, 6.45) is 2.39. The first-order valence-corrected chi connectivity index (χ1v) is 9.27. The van der Waals surface area contributed by atoms with E-state index in [1.807, 2.05) is 6.07 Å². The van der Waals surface area contributed by atoms with Crippen molar-refractivity contribution in [1.29, 1.82) is 5.26 Å². The molecule has 0 aliphatic carbocycles. The summed E-state index contributed by atoms with van der Waals surface area (Å²) in [6, 6.07) is 11.2. The predicted molar refractivity (Wildman–Crippen MR) is 106 cm³/mol. The van der Waals surface area contributed by atoms with E-state index in [1.54, 1.807) is 19.2 Å². The molecule has 0 aliphatic heterocycles. The molecular weight excluding hydrogens is 391 g/mol. The van der Waals surface area contributed by atoms with E-state index >= 15 is 0 Å². The first kappa shape index (κ1) is 19.7. The van der Waals surface area contributed by atoms with Crippen LogP contribution < -0.4 is 0 Å². The average Bonchev–Trinajstić information content (AvgIpc) is 3.18. The Kier molecular flexibility index (Phi) is 5.02. The first-order valence-electron chi connectivity index (χ1n) is 9.27. The third-order valence-electron chi connectivity index (χ3n) is 5.00. The molecule has 0 bridgehead atoms. The van der Waals surface area contributed by atoms with Gasteiger partial charge in [-0.05, 0) is 53.9 Å². The van der Waals surface area contributed by atoms with Crippen molar-refractivity contribution >= 4 is 5.65 Å². The number of benzene rings is 2. The summed E-state index contributed by atoms with van der Waals surface area (Å²) in [5, 5.41) is 19.3. The zero-order chi connectivity index (χ0) is 21.4. The molecule has 2 aromatic carbocycles. The van der Waals surface area contributed by atoms with Crippen molar-refractivity contribution in [3.05, 3.63) is 83.4 Å². The lowest BCUT2D eigenvalue weighted by Crippen LogP contribution is -2.02. The fourth-order valence-electron chi connectivity index (χ4n) is 3.48. The zero-order valence-corrected chi connectivity index (χ0v) is 15.9. The minimum absolute atomic E-state index is 0.0142. The fraction of sp³-hybridized carbons (Fsp3) is 0.130. The predicted octanol–water partition coefficient (Wildman–Crippen LogP) is 5.40. The van der Waals surface area contributed by atoms with Crippen molar-refractivity contribution in [2.45, 2.75) is 19.4 Å². The van der Waals surface area contributed by atoms with Gasteiger partial charge in [0.05, 0.1) is 29.6 Å². The van der Waals surface area contributed by atoms with Gasteiger partial charge in [0.25, 0.3) is 0 Å². The van der Waals surface area contributed by atoms with Crippen LogP contribution in [0.3, 0.4) is 0 Å². The van der Waals surface area contributed by atoms with Crippen molar-refractivity contribution in [3.63, 3.8) is 0 Å². The summed E-state index contributed by atoms with van der Waals surface area (Å²) >= 11 is 0. The molecule has 0 fully saturated rings. The molecule has 4 rings (SSSR count). The molecule has 0 radical (unpaired) electrons. The van der Waals surface area contributed by atoms with Gasteiger partial charge in [-0.2, -0.15) is 5.26 Å². The fourth-order valence-corrected chi connectivity index (χ4v) is 3.48. The molecule has 0 aliphatic rings. The molecule has 4 nitrogen and oxygen atoms in total. The molecular formula is C23H16F3N3O. The monoisotopic (exact) mass is 407 g/mol. The molecule has 0 saturated carbocycles. The molecule has 2 heterocycles. The van der Waals surface area contributed by atoms with Gasteiger partial charge < -0.3 is 5.11 Å². The average molecular weight is 407 g/mol. The van der Waals surface area contributed by atoms with E-state index in [4.69, 9.17) is 0 Å². The van der Waals surface area contributed by atoms with Gasteiger partial charge in [0.1, 0.15) is 11.6 Å². The maximum absolute atomic E-state index is 14.8. The van der Waals surface area contributed by atoms with E-state index in [0.717, 1.165) is 6.07 Å². The van der Waals surface area contributed by atoms with Gasteiger partial charge in [-0.1, -0.05) is 13.0 Å². The third kappa shape index (κ3) is 3.31. The second kappa shape index (κ2) is 7.65. The number of aliphatic hydroxyl groups excluding tert-OH is 1. The van der Waals surface area contributed by atoms with E-state index in [9.17, 15) is 23.5 Å².